The van der Waals surface area contributed by atoms with E-state index in [1.165, 1.54) is 17.0 Å². The van der Waals surface area contributed by atoms with Gasteiger partial charge < -0.3 is 14.5 Å². The fraction of sp³-hybridized carbons (Fsp3) is 0.524. The van der Waals surface area contributed by atoms with E-state index in [-0.39, 0.29) is 23.7 Å². The lowest BCUT2D eigenvalue weighted by Gasteiger charge is -2.36. The Morgan fingerprint density at radius 1 is 1.14 bits per heavy atom. The number of hydrogen-bond donors (Lipinski definition) is 0. The Morgan fingerprint density at radius 3 is 2.39 bits per heavy atom. The van der Waals surface area contributed by atoms with Crippen LogP contribution in [0, 0.1) is 5.82 Å². The number of likely N-dealkylation sites (tertiary alicyclic amines) is 1. The van der Waals surface area contributed by atoms with Gasteiger partial charge in [-0.1, -0.05) is 12.1 Å². The molecule has 0 atom stereocenters. The summed E-state index contributed by atoms with van der Waals surface area (Å²) in [6.07, 6.45) is 2.44. The van der Waals surface area contributed by atoms with Gasteiger partial charge in [-0.05, 0) is 57.1 Å². The maximum absolute atomic E-state index is 13.4. The Kier molecular flexibility index (Phi) is 6.46. The van der Waals surface area contributed by atoms with Crippen LogP contribution in [-0.2, 0) is 14.3 Å². The average Bonchev–Trinajstić information content (AvgIpc) is 2.93. The number of halogens is 1. The molecule has 2 heterocycles. The number of likely N-dealkylation sites (N-methyl/N-ethyl adjacent to an activating group) is 1. The molecule has 1 saturated heterocycles. The van der Waals surface area contributed by atoms with Crippen molar-refractivity contribution in [2.24, 2.45) is 0 Å². The first-order valence-corrected chi connectivity index (χ1v) is 9.70. The van der Waals surface area contributed by atoms with Gasteiger partial charge in [0.05, 0.1) is 5.57 Å². The van der Waals surface area contributed by atoms with Crippen molar-refractivity contribution in [1.29, 1.82) is 0 Å². The summed E-state index contributed by atoms with van der Waals surface area (Å²) in [5.41, 5.74) is 1.36. The third-order valence-electron chi connectivity index (χ3n) is 5.60. The van der Waals surface area contributed by atoms with Gasteiger partial charge in [0.1, 0.15) is 11.5 Å². The highest BCUT2D eigenvalue weighted by Crippen LogP contribution is 2.33. The number of hydrogen-bond acceptors (Lipinski definition) is 5. The van der Waals surface area contributed by atoms with E-state index in [9.17, 15) is 14.0 Å². The summed E-state index contributed by atoms with van der Waals surface area (Å²) in [5, 5.41) is 0. The van der Waals surface area contributed by atoms with Crippen LogP contribution in [-0.4, -0.2) is 80.0 Å². The van der Waals surface area contributed by atoms with E-state index in [1.54, 1.807) is 19.2 Å². The molecule has 6 nitrogen and oxygen atoms in total. The van der Waals surface area contributed by atoms with Crippen LogP contribution in [0.5, 0.6) is 0 Å². The van der Waals surface area contributed by atoms with E-state index >= 15 is 0 Å². The average molecular weight is 389 g/mol. The third-order valence-corrected chi connectivity index (χ3v) is 5.60. The van der Waals surface area contributed by atoms with Crippen LogP contribution >= 0.6 is 0 Å². The maximum atomic E-state index is 13.4. The predicted molar refractivity (Wildman–Crippen MR) is 105 cm³/mol. The number of carbonyl (C=O) groups is 2. The second-order valence-electron chi connectivity index (χ2n) is 7.48. The summed E-state index contributed by atoms with van der Waals surface area (Å²) in [4.78, 5) is 31.8. The zero-order valence-electron chi connectivity index (χ0n) is 16.8. The minimum atomic E-state index is -0.372. The number of benzene rings is 1. The molecule has 0 N–H and O–H groups in total. The summed E-state index contributed by atoms with van der Waals surface area (Å²) in [5.74, 6) is -0.965. The van der Waals surface area contributed by atoms with Gasteiger partial charge in [0.15, 0.2) is 0 Å². The Hall–Kier alpha value is -2.25. The lowest BCUT2D eigenvalue weighted by atomic mass is 10.00. The number of carbonyl (C=O) groups excluding carboxylic acids is 2. The molecular formula is C21H28FN3O3. The molecule has 3 rings (SSSR count). The molecule has 152 valence electrons. The molecule has 28 heavy (non-hydrogen) atoms. The van der Waals surface area contributed by atoms with Gasteiger partial charge in [-0.2, -0.15) is 0 Å². The topological polar surface area (TPSA) is 53.1 Å². The quantitative estimate of drug-likeness (QED) is 0.527. The van der Waals surface area contributed by atoms with Crippen LogP contribution in [0.4, 0.5) is 4.39 Å². The molecule has 0 radical (unpaired) electrons. The molecule has 1 aromatic carbocycles. The SMILES string of the molecule is COCCCN1C(=O)C(c2ccc(F)cc2)=C(N(C)C2CCN(C)CC2)C1=O. The highest BCUT2D eigenvalue weighted by atomic mass is 19.1. The summed E-state index contributed by atoms with van der Waals surface area (Å²) in [6.45, 7) is 2.69. The van der Waals surface area contributed by atoms with Crippen molar-refractivity contribution >= 4 is 17.4 Å². The number of rotatable bonds is 7. The Balaban J connectivity index is 1.94. The molecule has 2 aliphatic heterocycles. The first-order chi connectivity index (χ1) is 13.4. The van der Waals surface area contributed by atoms with Crippen LogP contribution < -0.4 is 0 Å². The van der Waals surface area contributed by atoms with Crippen molar-refractivity contribution < 1.29 is 18.7 Å². The first-order valence-electron chi connectivity index (χ1n) is 9.70. The van der Waals surface area contributed by atoms with E-state index in [4.69, 9.17) is 4.74 Å². The number of piperidine rings is 1. The van der Waals surface area contributed by atoms with Crippen LogP contribution in [0.15, 0.2) is 30.0 Å². The number of amides is 2. The van der Waals surface area contributed by atoms with Crippen LogP contribution in [0.25, 0.3) is 5.57 Å². The van der Waals surface area contributed by atoms with Crippen LogP contribution in [0.2, 0.25) is 0 Å². The zero-order chi connectivity index (χ0) is 20.3. The predicted octanol–water partition coefficient (Wildman–Crippen LogP) is 1.97. The molecule has 0 saturated carbocycles. The fourth-order valence-electron chi connectivity index (χ4n) is 3.90. The van der Waals surface area contributed by atoms with E-state index in [1.807, 2.05) is 11.9 Å². The Bertz CT molecular complexity index is 755. The molecule has 0 aromatic heterocycles. The number of methoxy groups -OCH3 is 1. The second-order valence-corrected chi connectivity index (χ2v) is 7.48. The van der Waals surface area contributed by atoms with Crippen molar-refractivity contribution in [3.05, 3.63) is 41.3 Å². The zero-order valence-corrected chi connectivity index (χ0v) is 16.8. The van der Waals surface area contributed by atoms with Gasteiger partial charge in [0.2, 0.25) is 0 Å². The molecule has 1 aromatic rings. The van der Waals surface area contributed by atoms with Gasteiger partial charge in [0.25, 0.3) is 11.8 Å². The van der Waals surface area contributed by atoms with Gasteiger partial charge >= 0.3 is 0 Å². The number of ether oxygens (including phenoxy) is 1. The molecule has 2 aliphatic rings. The summed E-state index contributed by atoms with van der Waals surface area (Å²) in [6, 6.07) is 5.97. The fourth-order valence-corrected chi connectivity index (χ4v) is 3.90. The smallest absolute Gasteiger partial charge is 0.277 e. The lowest BCUT2D eigenvalue weighted by Crippen LogP contribution is -2.43. The van der Waals surface area contributed by atoms with Gasteiger partial charge in [-0.3, -0.25) is 14.5 Å². The van der Waals surface area contributed by atoms with Gasteiger partial charge in [-0.15, -0.1) is 0 Å². The highest BCUT2D eigenvalue weighted by molar-refractivity contribution is 6.35. The van der Waals surface area contributed by atoms with Crippen molar-refractivity contribution in [2.75, 3.05) is 47.4 Å². The highest BCUT2D eigenvalue weighted by Gasteiger charge is 2.42. The molecule has 0 spiro atoms. The molecule has 2 amide bonds. The minimum Gasteiger partial charge on any atom is -0.385 e. The van der Waals surface area contributed by atoms with Crippen molar-refractivity contribution in [1.82, 2.24) is 14.7 Å². The molecule has 0 aliphatic carbocycles. The monoisotopic (exact) mass is 389 g/mol. The van der Waals surface area contributed by atoms with Crippen LogP contribution in [0.1, 0.15) is 24.8 Å². The van der Waals surface area contributed by atoms with Gasteiger partial charge in [-0.25, -0.2) is 4.39 Å². The van der Waals surface area contributed by atoms with Crippen molar-refractivity contribution in [3.63, 3.8) is 0 Å². The van der Waals surface area contributed by atoms with E-state index < -0.39 is 0 Å². The minimum absolute atomic E-state index is 0.192. The number of nitrogens with zero attached hydrogens (tertiary/aromatic N) is 3. The summed E-state index contributed by atoms with van der Waals surface area (Å²) >= 11 is 0. The molecule has 0 bridgehead atoms. The Morgan fingerprint density at radius 2 is 1.79 bits per heavy atom. The van der Waals surface area contributed by atoms with Crippen LogP contribution in [0.3, 0.4) is 0 Å². The second kappa shape index (κ2) is 8.84. The maximum Gasteiger partial charge on any atom is 0.277 e. The summed E-state index contributed by atoms with van der Waals surface area (Å²) in [7, 11) is 5.56. The third kappa shape index (κ3) is 4.10. The van der Waals surface area contributed by atoms with E-state index in [0.29, 0.717) is 36.4 Å². The molecular weight excluding hydrogens is 361 g/mol. The van der Waals surface area contributed by atoms with Crippen molar-refractivity contribution in [2.45, 2.75) is 25.3 Å². The Labute approximate surface area is 165 Å². The summed E-state index contributed by atoms with van der Waals surface area (Å²) < 4.78 is 18.5. The molecule has 1 fully saturated rings. The largest absolute Gasteiger partial charge is 0.385 e. The van der Waals surface area contributed by atoms with Gasteiger partial charge in [0, 0.05) is 33.4 Å². The first kappa shape index (κ1) is 20.5. The van der Waals surface area contributed by atoms with E-state index in [0.717, 1.165) is 25.9 Å². The molecule has 0 unspecified atom stereocenters. The normalized spacial score (nSPS) is 19.1. The molecule has 7 heteroatoms. The van der Waals surface area contributed by atoms with E-state index in [2.05, 4.69) is 11.9 Å². The van der Waals surface area contributed by atoms with Crippen molar-refractivity contribution in [3.8, 4) is 0 Å². The lowest BCUT2D eigenvalue weighted by molar-refractivity contribution is -0.137. The standard InChI is InChI=1S/C21H28FN3O3/c1-23-12-9-17(10-13-23)24(2)19-18(15-5-7-16(22)8-6-15)20(26)25(21(19)27)11-4-14-28-3/h5-8,17H,4,9-14H2,1-3H3. The number of imide groups is 1.